The summed E-state index contributed by atoms with van der Waals surface area (Å²) in [6.07, 6.45) is 3.25. The van der Waals surface area contributed by atoms with Crippen LogP contribution in [0.1, 0.15) is 131 Å². The fraction of sp³-hybridized carbons (Fsp3) is 0.658. The van der Waals surface area contributed by atoms with E-state index in [-0.39, 0.29) is 137 Å². The highest BCUT2D eigenvalue weighted by molar-refractivity contribution is 7.90. The van der Waals surface area contributed by atoms with Crippen LogP contribution in [0.3, 0.4) is 0 Å². The summed E-state index contributed by atoms with van der Waals surface area (Å²) in [6, 6.07) is 7.32. The first-order chi connectivity index (χ1) is 49.2. The fourth-order valence-electron chi connectivity index (χ4n) is 13.3. The summed E-state index contributed by atoms with van der Waals surface area (Å²) < 4.78 is 59.1. The van der Waals surface area contributed by atoms with Crippen molar-refractivity contribution in [2.24, 2.45) is 35.3 Å². The van der Waals surface area contributed by atoms with Crippen molar-refractivity contribution < 1.29 is 84.8 Å². The summed E-state index contributed by atoms with van der Waals surface area (Å²) in [7, 11) is 3.62. The molecule has 31 heteroatoms. The van der Waals surface area contributed by atoms with Crippen molar-refractivity contribution in [3.63, 3.8) is 0 Å². The van der Waals surface area contributed by atoms with Crippen molar-refractivity contribution >= 4 is 75.1 Å². The highest BCUT2D eigenvalue weighted by Crippen LogP contribution is 2.46. The van der Waals surface area contributed by atoms with Crippen LogP contribution in [0, 0.1) is 29.6 Å². The number of amides is 12. The van der Waals surface area contributed by atoms with E-state index in [0.717, 1.165) is 4.90 Å². The number of likely N-dealkylation sites (tertiary alicyclic amines) is 1. The molecule has 0 spiro atoms. The molecule has 2 aromatic rings. The molecule has 1 aliphatic carbocycles. The molecule has 0 aromatic heterocycles. The first kappa shape index (κ1) is 86.7. The third kappa shape index (κ3) is 25.4. The maximum Gasteiger partial charge on any atom is 0.312 e. The molecule has 11 atom stereocenters. The molecule has 2 aliphatic heterocycles. The molecule has 580 valence electrons. The monoisotopic (exact) mass is 1480 g/mol. The number of methoxy groups -OCH3 is 2. The number of primary amides is 1. The summed E-state index contributed by atoms with van der Waals surface area (Å²) >= 11 is 0. The first-order valence-electron chi connectivity index (χ1n) is 36.0. The molecule has 2 aromatic carbocycles. The number of rotatable bonds is 46. The van der Waals surface area contributed by atoms with Crippen LogP contribution in [0.25, 0.3) is 0 Å². The number of hydrogen-bond acceptors (Lipinski definition) is 19. The number of imide groups is 1. The van der Waals surface area contributed by atoms with E-state index in [2.05, 4.69) is 36.6 Å². The zero-order valence-electron chi connectivity index (χ0n) is 63.0. The standard InChI is InChI=1S/C73H114N12O18S/c1-15-48(8)64(83(12)71(95)62(46(4)5)79-70(94)63(47(6)7)82(10)11)56(99-13)44-60(89)84-35-20-24-55(84)65(100-14)49(9)66(90)77-54(43-50-21-17-16-18-22-50)68(92)81-104(97,98)52-27-25-51(26-28-52)73(32-33-73)80-67(91)53(23-19-34-75-72(74)96)76-69(93)61(45(2)3)78-57(86)31-37-101-39-41-103-42-40-102-38-36-85-58(87)29-30-59(85)88/h16-18,21-22,25-30,45-49,53-56,61-65H,15,19-20,23-24,31-44H2,1-14H3,(H,76,93)(H,77,90)(H,78,86)(H,79,94)(H,80,91)(H,81,92)(H3,74,75,96)/t48-,49+,53-,54-,55-,56+,61-,62-,63-,64-,65+/m0/s1. The third-order valence-electron chi connectivity index (χ3n) is 19.4. The van der Waals surface area contributed by atoms with Crippen molar-refractivity contribution in [3.8, 4) is 0 Å². The molecular weight excluding hydrogens is 1360 g/mol. The van der Waals surface area contributed by atoms with Crippen LogP contribution < -0.4 is 42.4 Å². The number of hydrogen-bond donors (Lipinski definition) is 8. The average molecular weight is 1480 g/mol. The molecule has 104 heavy (non-hydrogen) atoms. The van der Waals surface area contributed by atoms with Gasteiger partial charge in [-0.15, -0.1) is 0 Å². The van der Waals surface area contributed by atoms with Crippen LogP contribution in [0.2, 0.25) is 0 Å². The van der Waals surface area contributed by atoms with Crippen molar-refractivity contribution in [1.82, 2.24) is 56.2 Å². The highest BCUT2D eigenvalue weighted by Gasteiger charge is 2.48. The lowest BCUT2D eigenvalue weighted by Crippen LogP contribution is -2.59. The Morgan fingerprint density at radius 2 is 1.28 bits per heavy atom. The predicted octanol–water partition coefficient (Wildman–Crippen LogP) is 2.41. The van der Waals surface area contributed by atoms with E-state index >= 15 is 0 Å². The average Bonchev–Trinajstić information content (AvgIpc) is 1.60. The molecule has 0 unspecified atom stereocenters. The van der Waals surface area contributed by atoms with Crippen molar-refractivity contribution in [2.75, 3.05) is 94.6 Å². The Morgan fingerprint density at radius 3 is 1.83 bits per heavy atom. The Hall–Kier alpha value is -7.94. The number of nitrogens with two attached hydrogens (primary N) is 1. The van der Waals surface area contributed by atoms with Gasteiger partial charge in [0.05, 0.1) is 99.3 Å². The highest BCUT2D eigenvalue weighted by atomic mass is 32.2. The van der Waals surface area contributed by atoms with E-state index in [0.29, 0.717) is 49.8 Å². The third-order valence-corrected chi connectivity index (χ3v) is 20.7. The van der Waals surface area contributed by atoms with Gasteiger partial charge in [0.2, 0.25) is 41.4 Å². The van der Waals surface area contributed by atoms with Gasteiger partial charge in [-0.1, -0.05) is 111 Å². The zero-order valence-corrected chi connectivity index (χ0v) is 63.8. The number of likely N-dealkylation sites (N-methyl/N-ethyl adjacent to an activating group) is 2. The molecule has 0 radical (unpaired) electrons. The van der Waals surface area contributed by atoms with Gasteiger partial charge < -0.3 is 71.1 Å². The van der Waals surface area contributed by atoms with E-state index in [1.165, 1.54) is 50.6 Å². The van der Waals surface area contributed by atoms with E-state index in [1.54, 1.807) is 68.0 Å². The van der Waals surface area contributed by atoms with E-state index in [1.807, 2.05) is 60.5 Å². The number of urea groups is 1. The lowest BCUT2D eigenvalue weighted by Gasteiger charge is -2.41. The largest absolute Gasteiger partial charge is 0.379 e. The minimum Gasteiger partial charge on any atom is -0.379 e. The van der Waals surface area contributed by atoms with Crippen molar-refractivity contribution in [1.29, 1.82) is 0 Å². The first-order valence-corrected chi connectivity index (χ1v) is 37.5. The second kappa shape index (κ2) is 41.7. The van der Waals surface area contributed by atoms with Gasteiger partial charge >= 0.3 is 6.03 Å². The number of carbonyl (C=O) groups excluding carboxylic acids is 11. The molecule has 5 rings (SSSR count). The van der Waals surface area contributed by atoms with Crippen LogP contribution in [0.5, 0.6) is 0 Å². The second-order valence-electron chi connectivity index (χ2n) is 28.3. The fourth-order valence-corrected chi connectivity index (χ4v) is 14.3. The molecular formula is C73H114N12O18S. The van der Waals surface area contributed by atoms with Gasteiger partial charge in [0.15, 0.2) is 0 Å². The minimum absolute atomic E-state index is 0.0116. The Labute approximate surface area is 612 Å². The number of sulfonamides is 1. The number of benzene rings is 2. The number of nitrogens with zero attached hydrogens (tertiary/aromatic N) is 4. The Balaban J connectivity index is 1.21. The smallest absolute Gasteiger partial charge is 0.312 e. The van der Waals surface area contributed by atoms with Gasteiger partial charge in [0, 0.05) is 59.4 Å². The lowest BCUT2D eigenvalue weighted by atomic mass is 9.89. The molecule has 1 saturated heterocycles. The van der Waals surface area contributed by atoms with Crippen molar-refractivity contribution in [2.45, 2.75) is 191 Å². The molecule has 30 nitrogen and oxygen atoms in total. The SMILES string of the molecule is CC[C@H](C)[C@@H]([C@@H](CC(=O)N1CCC[C@H]1[C@H](OC)[C@@H](C)C(=O)N[C@@H](Cc1ccccc1)C(=O)NS(=O)(=O)c1ccc(C2(NC(=O)[C@H](CCCNC(N)=O)NC(=O)[C@@H](NC(=O)CCOCCOCCOCCN3C(=O)C=CC3=O)C(C)C)CC2)cc1)OC)N(C)C(=O)[C@@H](NC(=O)[C@H](C(C)C)N(C)C)C(C)C. The van der Waals surface area contributed by atoms with Crippen LogP contribution in [-0.2, 0) is 93.6 Å². The van der Waals surface area contributed by atoms with Crippen LogP contribution in [0.15, 0.2) is 71.6 Å². The van der Waals surface area contributed by atoms with Gasteiger partial charge in [-0.05, 0) is 99.6 Å². The Bertz CT molecular complexity index is 3330. The maximum absolute atomic E-state index is 14.7. The van der Waals surface area contributed by atoms with Gasteiger partial charge in [-0.3, -0.25) is 57.7 Å². The van der Waals surface area contributed by atoms with Crippen LogP contribution in [-0.4, -0.2) is 242 Å². The summed E-state index contributed by atoms with van der Waals surface area (Å²) in [4.78, 5) is 154. The molecule has 9 N–H and O–H groups in total. The van der Waals surface area contributed by atoms with Crippen LogP contribution in [0.4, 0.5) is 4.79 Å². The summed E-state index contributed by atoms with van der Waals surface area (Å²) in [5.41, 5.74) is 5.44. The van der Waals surface area contributed by atoms with Crippen LogP contribution >= 0.6 is 0 Å². The summed E-state index contributed by atoms with van der Waals surface area (Å²) in [6.45, 7) is 18.2. The van der Waals surface area contributed by atoms with E-state index in [4.69, 9.17) is 29.4 Å². The normalized spacial score (nSPS) is 17.8. The molecule has 1 saturated carbocycles. The zero-order chi connectivity index (χ0) is 77.2. The Kier molecular flexibility index (Phi) is 34.7. The molecule has 2 heterocycles. The van der Waals surface area contributed by atoms with Gasteiger partial charge in [0.25, 0.3) is 27.7 Å². The quantitative estimate of drug-likeness (QED) is 0.0348. The van der Waals surface area contributed by atoms with Gasteiger partial charge in [0.1, 0.15) is 24.2 Å². The summed E-state index contributed by atoms with van der Waals surface area (Å²) in [5, 5.41) is 16.8. The molecule has 0 bridgehead atoms. The molecule has 2 fully saturated rings. The number of ether oxygens (including phenoxy) is 5. The van der Waals surface area contributed by atoms with Gasteiger partial charge in [-0.25, -0.2) is 17.9 Å². The maximum atomic E-state index is 14.7. The second-order valence-corrected chi connectivity index (χ2v) is 30.0. The number of nitrogens with one attached hydrogen (secondary N) is 7. The minimum atomic E-state index is -4.62. The lowest BCUT2D eigenvalue weighted by molar-refractivity contribution is -0.148. The van der Waals surface area contributed by atoms with Crippen molar-refractivity contribution in [3.05, 3.63) is 77.9 Å². The predicted molar refractivity (Wildman–Crippen MR) is 387 cm³/mol. The summed E-state index contributed by atoms with van der Waals surface area (Å²) in [5.74, 6) is -6.90. The molecule has 3 aliphatic rings. The van der Waals surface area contributed by atoms with Gasteiger partial charge in [-0.2, -0.15) is 0 Å². The van der Waals surface area contributed by atoms with E-state index < -0.39 is 117 Å². The number of carbonyl (C=O) groups is 11. The van der Waals surface area contributed by atoms with E-state index in [9.17, 15) is 61.2 Å². The molecule has 12 amide bonds. The topological polar surface area (TPSA) is 391 Å². The Morgan fingerprint density at radius 1 is 0.683 bits per heavy atom.